The minimum Gasteiger partial charge on any atom is -0.493 e. The van der Waals surface area contributed by atoms with E-state index in [1.807, 2.05) is 6.07 Å². The standard InChI is InChI=1S/C20H27NO/c1-16(2)15-22-20-12-8-7-11-19(20)17(3)21-14-13-18-9-5-4-6-10-18/h4-12,16-17,21H,13-15H2,1-3H3. The first-order chi connectivity index (χ1) is 10.7. The van der Waals surface area contributed by atoms with E-state index < -0.39 is 0 Å². The lowest BCUT2D eigenvalue weighted by Gasteiger charge is -2.19. The van der Waals surface area contributed by atoms with Gasteiger partial charge in [0.15, 0.2) is 0 Å². The third-order valence-electron chi connectivity index (χ3n) is 3.66. The van der Waals surface area contributed by atoms with Gasteiger partial charge in [0.25, 0.3) is 0 Å². The van der Waals surface area contributed by atoms with Crippen LogP contribution in [0.15, 0.2) is 54.6 Å². The van der Waals surface area contributed by atoms with Gasteiger partial charge in [-0.05, 0) is 37.4 Å². The van der Waals surface area contributed by atoms with Crippen molar-refractivity contribution in [1.82, 2.24) is 5.32 Å². The molecule has 2 nitrogen and oxygen atoms in total. The second-order valence-electron chi connectivity index (χ2n) is 6.15. The monoisotopic (exact) mass is 297 g/mol. The van der Waals surface area contributed by atoms with Gasteiger partial charge in [0.2, 0.25) is 0 Å². The summed E-state index contributed by atoms with van der Waals surface area (Å²) in [5.74, 6) is 1.53. The van der Waals surface area contributed by atoms with Gasteiger partial charge in [0.1, 0.15) is 5.75 Å². The van der Waals surface area contributed by atoms with Crippen molar-refractivity contribution in [3.63, 3.8) is 0 Å². The lowest BCUT2D eigenvalue weighted by Crippen LogP contribution is -2.22. The maximum Gasteiger partial charge on any atom is 0.124 e. The molecule has 1 N–H and O–H groups in total. The fraction of sp³-hybridized carbons (Fsp3) is 0.400. The van der Waals surface area contributed by atoms with Crippen molar-refractivity contribution < 1.29 is 4.74 Å². The highest BCUT2D eigenvalue weighted by Crippen LogP contribution is 2.25. The Bertz CT molecular complexity index is 551. The van der Waals surface area contributed by atoms with E-state index >= 15 is 0 Å². The highest BCUT2D eigenvalue weighted by atomic mass is 16.5. The molecule has 22 heavy (non-hydrogen) atoms. The van der Waals surface area contributed by atoms with Gasteiger partial charge in [-0.25, -0.2) is 0 Å². The van der Waals surface area contributed by atoms with Crippen LogP contribution in [0.2, 0.25) is 0 Å². The largest absolute Gasteiger partial charge is 0.493 e. The van der Waals surface area contributed by atoms with E-state index in [-0.39, 0.29) is 6.04 Å². The van der Waals surface area contributed by atoms with E-state index in [9.17, 15) is 0 Å². The number of rotatable bonds is 8. The Morgan fingerprint density at radius 1 is 0.909 bits per heavy atom. The van der Waals surface area contributed by atoms with Gasteiger partial charge in [-0.15, -0.1) is 0 Å². The van der Waals surface area contributed by atoms with Crippen LogP contribution in [0.25, 0.3) is 0 Å². The average Bonchev–Trinajstić information content (AvgIpc) is 2.54. The van der Waals surface area contributed by atoms with Crippen molar-refractivity contribution in [2.45, 2.75) is 33.2 Å². The second kappa shape index (κ2) is 8.60. The van der Waals surface area contributed by atoms with Crippen LogP contribution in [0.3, 0.4) is 0 Å². The molecule has 2 aromatic carbocycles. The molecule has 0 bridgehead atoms. The second-order valence-corrected chi connectivity index (χ2v) is 6.15. The number of nitrogens with one attached hydrogen (secondary N) is 1. The highest BCUT2D eigenvalue weighted by molar-refractivity contribution is 5.35. The summed E-state index contributed by atoms with van der Waals surface area (Å²) in [5.41, 5.74) is 2.60. The maximum absolute atomic E-state index is 5.94. The summed E-state index contributed by atoms with van der Waals surface area (Å²) in [6.07, 6.45) is 1.04. The van der Waals surface area contributed by atoms with Crippen molar-refractivity contribution in [2.24, 2.45) is 5.92 Å². The molecule has 0 radical (unpaired) electrons. The quantitative estimate of drug-likeness (QED) is 0.768. The predicted octanol–water partition coefficient (Wildman–Crippen LogP) is 4.61. The van der Waals surface area contributed by atoms with Crippen LogP contribution in [-0.4, -0.2) is 13.2 Å². The van der Waals surface area contributed by atoms with Gasteiger partial charge in [-0.1, -0.05) is 62.4 Å². The topological polar surface area (TPSA) is 21.3 Å². The minimum atomic E-state index is 0.284. The van der Waals surface area contributed by atoms with Gasteiger partial charge < -0.3 is 10.1 Å². The first-order valence-corrected chi connectivity index (χ1v) is 8.16. The zero-order valence-electron chi connectivity index (χ0n) is 13.9. The van der Waals surface area contributed by atoms with Crippen molar-refractivity contribution in [2.75, 3.05) is 13.2 Å². The van der Waals surface area contributed by atoms with Crippen molar-refractivity contribution in [3.8, 4) is 5.75 Å². The average molecular weight is 297 g/mol. The Hall–Kier alpha value is -1.80. The molecule has 0 aromatic heterocycles. The molecule has 1 unspecified atom stereocenters. The Morgan fingerprint density at radius 3 is 2.32 bits per heavy atom. The summed E-state index contributed by atoms with van der Waals surface area (Å²) >= 11 is 0. The first-order valence-electron chi connectivity index (χ1n) is 8.16. The predicted molar refractivity (Wildman–Crippen MR) is 93.3 cm³/mol. The molecule has 0 saturated heterocycles. The maximum atomic E-state index is 5.94. The summed E-state index contributed by atoms with van der Waals surface area (Å²) in [7, 11) is 0. The molecule has 0 aliphatic rings. The third kappa shape index (κ3) is 5.19. The summed E-state index contributed by atoms with van der Waals surface area (Å²) in [5, 5.41) is 3.60. The molecule has 2 rings (SSSR count). The molecule has 0 aliphatic heterocycles. The van der Waals surface area contributed by atoms with Gasteiger partial charge >= 0.3 is 0 Å². The fourth-order valence-electron chi connectivity index (χ4n) is 2.41. The van der Waals surface area contributed by atoms with Crippen LogP contribution in [0.5, 0.6) is 5.75 Å². The Kier molecular flexibility index (Phi) is 6.47. The Morgan fingerprint density at radius 2 is 1.59 bits per heavy atom. The molecule has 0 heterocycles. The molecular weight excluding hydrogens is 270 g/mol. The SMILES string of the molecule is CC(C)COc1ccccc1C(C)NCCc1ccccc1. The van der Waals surface area contributed by atoms with Crippen LogP contribution in [0.4, 0.5) is 0 Å². The van der Waals surface area contributed by atoms with Crippen molar-refractivity contribution >= 4 is 0 Å². The highest BCUT2D eigenvalue weighted by Gasteiger charge is 2.11. The van der Waals surface area contributed by atoms with Crippen LogP contribution >= 0.6 is 0 Å². The summed E-state index contributed by atoms with van der Waals surface area (Å²) in [6, 6.07) is 19.2. The lowest BCUT2D eigenvalue weighted by atomic mass is 10.1. The molecule has 0 fully saturated rings. The van der Waals surface area contributed by atoms with E-state index in [1.165, 1.54) is 11.1 Å². The molecule has 2 heteroatoms. The summed E-state index contributed by atoms with van der Waals surface area (Å²) in [4.78, 5) is 0. The van der Waals surface area contributed by atoms with E-state index in [2.05, 4.69) is 74.6 Å². The molecular formula is C20H27NO. The van der Waals surface area contributed by atoms with Crippen molar-refractivity contribution in [1.29, 1.82) is 0 Å². The van der Waals surface area contributed by atoms with E-state index in [0.717, 1.165) is 25.3 Å². The van der Waals surface area contributed by atoms with Gasteiger partial charge in [-0.3, -0.25) is 0 Å². The van der Waals surface area contributed by atoms with Crippen LogP contribution < -0.4 is 10.1 Å². The number of para-hydroxylation sites is 1. The molecule has 1 atom stereocenters. The zero-order chi connectivity index (χ0) is 15.8. The zero-order valence-corrected chi connectivity index (χ0v) is 13.9. The molecule has 0 aliphatic carbocycles. The Labute approximate surface area is 134 Å². The third-order valence-corrected chi connectivity index (χ3v) is 3.66. The van der Waals surface area contributed by atoms with Gasteiger partial charge in [0.05, 0.1) is 6.61 Å². The number of hydrogen-bond acceptors (Lipinski definition) is 2. The molecule has 0 amide bonds. The minimum absolute atomic E-state index is 0.284. The number of benzene rings is 2. The normalized spacial score (nSPS) is 12.4. The fourth-order valence-corrected chi connectivity index (χ4v) is 2.41. The smallest absolute Gasteiger partial charge is 0.124 e. The van der Waals surface area contributed by atoms with Crippen LogP contribution in [0.1, 0.15) is 37.9 Å². The van der Waals surface area contributed by atoms with Gasteiger partial charge in [0, 0.05) is 11.6 Å². The lowest BCUT2D eigenvalue weighted by molar-refractivity contribution is 0.266. The molecule has 0 spiro atoms. The molecule has 0 saturated carbocycles. The van der Waals surface area contributed by atoms with E-state index in [4.69, 9.17) is 4.74 Å². The first kappa shape index (κ1) is 16.6. The van der Waals surface area contributed by atoms with Crippen molar-refractivity contribution in [3.05, 3.63) is 65.7 Å². The molecule has 118 valence electrons. The Balaban J connectivity index is 1.90. The number of ether oxygens (including phenoxy) is 1. The number of hydrogen-bond donors (Lipinski definition) is 1. The summed E-state index contributed by atoms with van der Waals surface area (Å²) < 4.78 is 5.94. The van der Waals surface area contributed by atoms with Crippen LogP contribution in [0, 0.1) is 5.92 Å². The summed E-state index contributed by atoms with van der Waals surface area (Å²) in [6.45, 7) is 8.26. The van der Waals surface area contributed by atoms with Gasteiger partial charge in [-0.2, -0.15) is 0 Å². The molecule has 2 aromatic rings. The van der Waals surface area contributed by atoms with E-state index in [0.29, 0.717) is 5.92 Å². The van der Waals surface area contributed by atoms with Crippen LogP contribution in [-0.2, 0) is 6.42 Å². The van der Waals surface area contributed by atoms with E-state index in [1.54, 1.807) is 0 Å².